The molecule has 0 aliphatic carbocycles. The second-order valence-corrected chi connectivity index (χ2v) is 8.18. The van der Waals surface area contributed by atoms with Crippen molar-refractivity contribution in [2.75, 3.05) is 0 Å². The molecule has 4 aromatic rings. The molecule has 1 aromatic heterocycles. The molecule has 0 amide bonds. The van der Waals surface area contributed by atoms with Crippen molar-refractivity contribution in [1.29, 1.82) is 0 Å². The van der Waals surface area contributed by atoms with Crippen molar-refractivity contribution in [2.45, 2.75) is 44.6 Å². The lowest BCUT2D eigenvalue weighted by molar-refractivity contribution is -0.252. The standard InChI is InChI=1S/C26H27N3O3/c27-14-18-5-11-21(12-6-18)26-31-22(15-29-17-28-23-3-1-2-4-24(23)29)13-25(32-26)20-9-7-19(16-30)8-10-20/h1-12,17,22,25-26,30H,13-16,27H2/t22-,25+,26+/m1/s1. The molecule has 0 radical (unpaired) electrons. The minimum absolute atomic E-state index is 0.0291. The predicted octanol–water partition coefficient (Wildman–Crippen LogP) is 4.23. The SMILES string of the molecule is NCc1ccc([C@H]2O[C@@H](Cn3cnc4ccccc43)C[C@@H](c3ccc(CO)cc3)O2)cc1. The summed E-state index contributed by atoms with van der Waals surface area (Å²) >= 11 is 0. The van der Waals surface area contributed by atoms with Crippen LogP contribution < -0.4 is 5.73 Å². The zero-order chi connectivity index (χ0) is 21.9. The van der Waals surface area contributed by atoms with Crippen LogP contribution in [0.3, 0.4) is 0 Å². The lowest BCUT2D eigenvalue weighted by Crippen LogP contribution is -2.32. The van der Waals surface area contributed by atoms with E-state index in [2.05, 4.69) is 15.6 Å². The third-order valence-electron chi connectivity index (χ3n) is 6.03. The van der Waals surface area contributed by atoms with Gasteiger partial charge < -0.3 is 24.9 Å². The molecular weight excluding hydrogens is 402 g/mol. The van der Waals surface area contributed by atoms with E-state index in [-0.39, 0.29) is 18.8 Å². The van der Waals surface area contributed by atoms with Crippen LogP contribution in [-0.4, -0.2) is 20.8 Å². The van der Waals surface area contributed by atoms with Gasteiger partial charge >= 0.3 is 0 Å². The molecule has 6 nitrogen and oxygen atoms in total. The maximum Gasteiger partial charge on any atom is 0.184 e. The van der Waals surface area contributed by atoms with Crippen molar-refractivity contribution >= 4 is 11.0 Å². The number of fused-ring (bicyclic) bond motifs is 1. The van der Waals surface area contributed by atoms with E-state index >= 15 is 0 Å². The minimum atomic E-state index is -0.474. The van der Waals surface area contributed by atoms with E-state index in [1.807, 2.05) is 73.1 Å². The zero-order valence-electron chi connectivity index (χ0n) is 17.8. The summed E-state index contributed by atoms with van der Waals surface area (Å²) in [4.78, 5) is 4.52. The largest absolute Gasteiger partial charge is 0.392 e. The Morgan fingerprint density at radius 1 is 0.906 bits per heavy atom. The minimum Gasteiger partial charge on any atom is -0.392 e. The van der Waals surface area contributed by atoms with Crippen LogP contribution in [0.25, 0.3) is 11.0 Å². The van der Waals surface area contributed by atoms with Crippen LogP contribution in [-0.2, 0) is 29.2 Å². The maximum absolute atomic E-state index is 9.38. The fourth-order valence-electron chi connectivity index (χ4n) is 4.22. The van der Waals surface area contributed by atoms with Gasteiger partial charge in [0.1, 0.15) is 0 Å². The van der Waals surface area contributed by atoms with Gasteiger partial charge in [-0.1, -0.05) is 60.7 Å². The summed E-state index contributed by atoms with van der Waals surface area (Å²) in [5.74, 6) is 0. The van der Waals surface area contributed by atoms with Gasteiger partial charge in [-0.05, 0) is 28.8 Å². The summed E-state index contributed by atoms with van der Waals surface area (Å²) in [6.45, 7) is 1.22. The first kappa shape index (κ1) is 20.8. The van der Waals surface area contributed by atoms with Gasteiger partial charge in [-0.3, -0.25) is 0 Å². The molecule has 32 heavy (non-hydrogen) atoms. The molecule has 2 heterocycles. The van der Waals surface area contributed by atoms with Crippen molar-refractivity contribution in [3.05, 3.63) is 101 Å². The van der Waals surface area contributed by atoms with E-state index in [0.29, 0.717) is 13.1 Å². The summed E-state index contributed by atoms with van der Waals surface area (Å²) in [7, 11) is 0. The van der Waals surface area contributed by atoms with Gasteiger partial charge in [-0.2, -0.15) is 0 Å². The number of hydrogen-bond acceptors (Lipinski definition) is 5. The van der Waals surface area contributed by atoms with Gasteiger partial charge in [0.25, 0.3) is 0 Å². The Labute approximate surface area is 187 Å². The molecule has 0 bridgehead atoms. The summed E-state index contributed by atoms with van der Waals surface area (Å²) in [6.07, 6.45) is 1.96. The summed E-state index contributed by atoms with van der Waals surface area (Å²) in [6, 6.07) is 24.1. The van der Waals surface area contributed by atoms with Crippen LogP contribution >= 0.6 is 0 Å². The van der Waals surface area contributed by atoms with E-state index in [0.717, 1.165) is 39.7 Å². The summed E-state index contributed by atoms with van der Waals surface area (Å²) in [5.41, 5.74) is 11.8. The molecule has 5 rings (SSSR count). The number of hydrogen-bond donors (Lipinski definition) is 2. The summed E-state index contributed by atoms with van der Waals surface area (Å²) < 4.78 is 15.0. The van der Waals surface area contributed by atoms with Gasteiger partial charge in [0, 0.05) is 18.5 Å². The highest BCUT2D eigenvalue weighted by Gasteiger charge is 2.32. The smallest absolute Gasteiger partial charge is 0.184 e. The molecule has 1 aliphatic rings. The Bertz CT molecular complexity index is 1120. The average molecular weight is 430 g/mol. The molecular formula is C26H27N3O3. The number of aromatic nitrogens is 2. The van der Waals surface area contributed by atoms with Gasteiger partial charge in [-0.25, -0.2) is 4.98 Å². The maximum atomic E-state index is 9.38. The Morgan fingerprint density at radius 2 is 1.62 bits per heavy atom. The molecule has 0 spiro atoms. The zero-order valence-corrected chi connectivity index (χ0v) is 17.8. The number of aliphatic hydroxyl groups excluding tert-OH is 1. The molecule has 3 N–H and O–H groups in total. The molecule has 6 heteroatoms. The van der Waals surface area contributed by atoms with E-state index in [4.69, 9.17) is 15.2 Å². The number of aliphatic hydroxyl groups is 1. The van der Waals surface area contributed by atoms with E-state index in [9.17, 15) is 5.11 Å². The number of para-hydroxylation sites is 2. The van der Waals surface area contributed by atoms with Crippen molar-refractivity contribution in [1.82, 2.24) is 9.55 Å². The van der Waals surface area contributed by atoms with Gasteiger partial charge in [0.05, 0.1) is 42.7 Å². The second kappa shape index (κ2) is 9.22. The fourth-order valence-corrected chi connectivity index (χ4v) is 4.22. The van der Waals surface area contributed by atoms with Crippen LogP contribution in [0.1, 0.15) is 41.1 Å². The quantitative estimate of drug-likeness (QED) is 0.479. The molecule has 0 saturated carbocycles. The van der Waals surface area contributed by atoms with Crippen molar-refractivity contribution in [3.8, 4) is 0 Å². The molecule has 1 saturated heterocycles. The number of ether oxygens (including phenoxy) is 2. The van der Waals surface area contributed by atoms with E-state index in [1.165, 1.54) is 0 Å². The Kier molecular flexibility index (Phi) is 6.01. The predicted molar refractivity (Wildman–Crippen MR) is 122 cm³/mol. The fraction of sp³-hybridized carbons (Fsp3) is 0.269. The highest BCUT2D eigenvalue weighted by atomic mass is 16.7. The first-order valence-corrected chi connectivity index (χ1v) is 10.9. The van der Waals surface area contributed by atoms with Crippen LogP contribution in [0.4, 0.5) is 0 Å². The molecule has 0 unspecified atom stereocenters. The molecule has 164 valence electrons. The third-order valence-corrected chi connectivity index (χ3v) is 6.03. The third kappa shape index (κ3) is 4.31. The van der Waals surface area contributed by atoms with Crippen LogP contribution in [0, 0.1) is 0 Å². The number of nitrogens with zero attached hydrogens (tertiary/aromatic N) is 2. The normalized spacial score (nSPS) is 21.1. The first-order valence-electron chi connectivity index (χ1n) is 10.9. The molecule has 1 aliphatic heterocycles. The Hall–Kier alpha value is -3.03. The monoisotopic (exact) mass is 429 g/mol. The number of benzene rings is 3. The number of nitrogens with two attached hydrogens (primary N) is 1. The second-order valence-electron chi connectivity index (χ2n) is 8.18. The average Bonchev–Trinajstić information content (AvgIpc) is 3.26. The summed E-state index contributed by atoms with van der Waals surface area (Å²) in [5, 5.41) is 9.38. The molecule has 3 atom stereocenters. The van der Waals surface area contributed by atoms with Gasteiger partial charge in [0.2, 0.25) is 0 Å². The first-order chi connectivity index (χ1) is 15.7. The Morgan fingerprint density at radius 3 is 2.38 bits per heavy atom. The number of rotatable bonds is 6. The van der Waals surface area contributed by atoms with Crippen LogP contribution in [0.15, 0.2) is 79.1 Å². The molecule has 1 fully saturated rings. The topological polar surface area (TPSA) is 82.5 Å². The van der Waals surface area contributed by atoms with Gasteiger partial charge in [0.15, 0.2) is 6.29 Å². The van der Waals surface area contributed by atoms with E-state index < -0.39 is 6.29 Å². The van der Waals surface area contributed by atoms with Crippen LogP contribution in [0.5, 0.6) is 0 Å². The highest BCUT2D eigenvalue weighted by Crippen LogP contribution is 2.38. The van der Waals surface area contributed by atoms with Crippen LogP contribution in [0.2, 0.25) is 0 Å². The van der Waals surface area contributed by atoms with E-state index in [1.54, 1.807) is 0 Å². The molecule has 3 aromatic carbocycles. The van der Waals surface area contributed by atoms with Gasteiger partial charge in [-0.15, -0.1) is 0 Å². The lowest BCUT2D eigenvalue weighted by atomic mass is 10.00. The van der Waals surface area contributed by atoms with Crippen molar-refractivity contribution in [3.63, 3.8) is 0 Å². The lowest BCUT2D eigenvalue weighted by Gasteiger charge is -2.36. The van der Waals surface area contributed by atoms with Crippen molar-refractivity contribution in [2.24, 2.45) is 5.73 Å². The highest BCUT2D eigenvalue weighted by molar-refractivity contribution is 5.74. The van der Waals surface area contributed by atoms with Crippen molar-refractivity contribution < 1.29 is 14.6 Å². The Balaban J connectivity index is 1.43. The number of imidazole rings is 1.